The lowest BCUT2D eigenvalue weighted by Crippen LogP contribution is -2.37. The number of fused-ring (bicyclic) bond motifs is 1. The number of H-pyrrole nitrogens is 1. The summed E-state index contributed by atoms with van der Waals surface area (Å²) in [5.41, 5.74) is -0.129. The zero-order chi connectivity index (χ0) is 17.9. The van der Waals surface area contributed by atoms with Crippen molar-refractivity contribution in [3.63, 3.8) is 0 Å². The molecule has 136 valence electrons. The second-order valence-corrected chi connectivity index (χ2v) is 6.52. The van der Waals surface area contributed by atoms with E-state index >= 15 is 0 Å². The number of aromatic amines is 1. The number of nitrogens with zero attached hydrogens (tertiary/aromatic N) is 1. The van der Waals surface area contributed by atoms with E-state index in [0.717, 1.165) is 18.2 Å². The molecule has 1 N–H and O–H groups in total. The summed E-state index contributed by atoms with van der Waals surface area (Å²) in [5.74, 6) is 1.05. The standard InChI is InChI=1S/C18H21F3N2O2/c19-18(20,21)6-10-23-8-4-13(5-9-23)12-25-15-1-2-16-14(11-15)3-7-22-17(16)24/h1-3,7,11,13H,4-6,8-10,12H2,(H,22,24). The number of ether oxygens (including phenoxy) is 1. The Morgan fingerprint density at radius 2 is 1.96 bits per heavy atom. The third-order valence-corrected chi connectivity index (χ3v) is 4.65. The molecule has 1 aliphatic rings. The average Bonchev–Trinajstić information content (AvgIpc) is 2.58. The van der Waals surface area contributed by atoms with Crippen LogP contribution in [0.2, 0.25) is 0 Å². The SMILES string of the molecule is O=c1[nH]ccc2cc(OCC3CCN(CCC(F)(F)F)CC3)ccc12. The molecule has 0 amide bonds. The molecule has 7 heteroatoms. The fourth-order valence-electron chi connectivity index (χ4n) is 3.14. The number of aromatic nitrogens is 1. The number of alkyl halides is 3. The number of piperidine rings is 1. The summed E-state index contributed by atoms with van der Waals surface area (Å²) in [4.78, 5) is 16.2. The van der Waals surface area contributed by atoms with Crippen LogP contribution >= 0.6 is 0 Å². The molecule has 0 atom stereocenters. The van der Waals surface area contributed by atoms with Crippen LogP contribution in [-0.2, 0) is 0 Å². The van der Waals surface area contributed by atoms with Gasteiger partial charge < -0.3 is 14.6 Å². The minimum Gasteiger partial charge on any atom is -0.493 e. The van der Waals surface area contributed by atoms with Gasteiger partial charge in [0.05, 0.1) is 13.0 Å². The van der Waals surface area contributed by atoms with E-state index < -0.39 is 12.6 Å². The third kappa shape index (κ3) is 4.98. The van der Waals surface area contributed by atoms with Crippen molar-refractivity contribution < 1.29 is 17.9 Å². The summed E-state index contributed by atoms with van der Waals surface area (Å²) in [6.45, 7) is 1.98. The van der Waals surface area contributed by atoms with Crippen LogP contribution in [0.5, 0.6) is 5.75 Å². The van der Waals surface area contributed by atoms with E-state index in [1.165, 1.54) is 0 Å². The van der Waals surface area contributed by atoms with Gasteiger partial charge in [-0.05, 0) is 61.5 Å². The van der Waals surface area contributed by atoms with Crippen molar-refractivity contribution in [3.8, 4) is 5.75 Å². The Morgan fingerprint density at radius 3 is 2.68 bits per heavy atom. The summed E-state index contributed by atoms with van der Waals surface area (Å²) >= 11 is 0. The number of pyridine rings is 1. The maximum absolute atomic E-state index is 12.3. The van der Waals surface area contributed by atoms with Crippen molar-refractivity contribution in [2.24, 2.45) is 5.92 Å². The first-order valence-corrected chi connectivity index (χ1v) is 8.44. The maximum atomic E-state index is 12.3. The lowest BCUT2D eigenvalue weighted by Gasteiger charge is -2.32. The van der Waals surface area contributed by atoms with Crippen LogP contribution in [0.25, 0.3) is 10.8 Å². The van der Waals surface area contributed by atoms with Crippen molar-refractivity contribution >= 4 is 10.8 Å². The Bertz CT molecular complexity index is 765. The summed E-state index contributed by atoms with van der Waals surface area (Å²) in [6.07, 6.45) is -1.55. The second kappa shape index (κ2) is 7.47. The maximum Gasteiger partial charge on any atom is 0.390 e. The molecule has 0 aliphatic carbocycles. The van der Waals surface area contributed by atoms with Crippen LogP contribution in [0.3, 0.4) is 0 Å². The van der Waals surface area contributed by atoms with Crippen LogP contribution in [0.15, 0.2) is 35.3 Å². The van der Waals surface area contributed by atoms with Crippen LogP contribution in [0, 0.1) is 5.92 Å². The number of halogens is 3. The molecule has 0 unspecified atom stereocenters. The van der Waals surface area contributed by atoms with Crippen molar-refractivity contribution in [3.05, 3.63) is 40.8 Å². The van der Waals surface area contributed by atoms with E-state index in [-0.39, 0.29) is 12.1 Å². The van der Waals surface area contributed by atoms with Gasteiger partial charge in [0.25, 0.3) is 5.56 Å². The molecule has 0 saturated carbocycles. The van der Waals surface area contributed by atoms with E-state index in [1.807, 2.05) is 17.0 Å². The van der Waals surface area contributed by atoms with Gasteiger partial charge in [0.2, 0.25) is 0 Å². The summed E-state index contributed by atoms with van der Waals surface area (Å²) < 4.78 is 42.6. The van der Waals surface area contributed by atoms with Gasteiger partial charge in [-0.2, -0.15) is 13.2 Å². The van der Waals surface area contributed by atoms with Crippen LogP contribution in [-0.4, -0.2) is 42.3 Å². The molecule has 4 nitrogen and oxygen atoms in total. The molecule has 1 aromatic heterocycles. The monoisotopic (exact) mass is 354 g/mol. The summed E-state index contributed by atoms with van der Waals surface area (Å²) in [5, 5.41) is 1.44. The zero-order valence-electron chi connectivity index (χ0n) is 13.8. The van der Waals surface area contributed by atoms with Gasteiger partial charge in [-0.25, -0.2) is 0 Å². The summed E-state index contributed by atoms with van der Waals surface area (Å²) in [6, 6.07) is 7.17. The smallest absolute Gasteiger partial charge is 0.390 e. The highest BCUT2D eigenvalue weighted by atomic mass is 19.4. The first-order valence-electron chi connectivity index (χ1n) is 8.44. The van der Waals surface area contributed by atoms with Gasteiger partial charge in [-0.1, -0.05) is 0 Å². The Labute approximate surface area is 143 Å². The molecule has 25 heavy (non-hydrogen) atoms. The minimum absolute atomic E-state index is 0.0797. The van der Waals surface area contributed by atoms with Crippen molar-refractivity contribution in [2.45, 2.75) is 25.4 Å². The van der Waals surface area contributed by atoms with Crippen LogP contribution in [0.1, 0.15) is 19.3 Å². The summed E-state index contributed by atoms with van der Waals surface area (Å²) in [7, 11) is 0. The van der Waals surface area contributed by atoms with Crippen molar-refractivity contribution in [1.29, 1.82) is 0 Å². The second-order valence-electron chi connectivity index (χ2n) is 6.52. The molecule has 1 aliphatic heterocycles. The topological polar surface area (TPSA) is 45.3 Å². The lowest BCUT2D eigenvalue weighted by molar-refractivity contribution is -0.138. The Kier molecular flexibility index (Phi) is 5.32. The van der Waals surface area contributed by atoms with E-state index in [2.05, 4.69) is 4.98 Å². The number of likely N-dealkylation sites (tertiary alicyclic amines) is 1. The molecule has 1 saturated heterocycles. The quantitative estimate of drug-likeness (QED) is 0.893. The van der Waals surface area contributed by atoms with E-state index in [1.54, 1.807) is 18.3 Å². The molecular formula is C18H21F3N2O2. The minimum atomic E-state index is -4.09. The van der Waals surface area contributed by atoms with E-state index in [0.29, 0.717) is 36.8 Å². The van der Waals surface area contributed by atoms with Gasteiger partial charge in [-0.3, -0.25) is 4.79 Å². The molecule has 0 bridgehead atoms. The predicted molar refractivity (Wildman–Crippen MR) is 89.9 cm³/mol. The molecule has 3 rings (SSSR count). The Morgan fingerprint density at radius 1 is 1.20 bits per heavy atom. The van der Waals surface area contributed by atoms with Crippen LogP contribution < -0.4 is 10.3 Å². The molecule has 0 radical (unpaired) electrons. The van der Waals surface area contributed by atoms with Crippen LogP contribution in [0.4, 0.5) is 13.2 Å². The third-order valence-electron chi connectivity index (χ3n) is 4.65. The number of hydrogen-bond donors (Lipinski definition) is 1. The highest BCUT2D eigenvalue weighted by Gasteiger charge is 2.29. The Hall–Kier alpha value is -2.02. The van der Waals surface area contributed by atoms with Crippen molar-refractivity contribution in [1.82, 2.24) is 9.88 Å². The molecule has 2 heterocycles. The predicted octanol–water partition coefficient (Wildman–Crippen LogP) is 3.57. The largest absolute Gasteiger partial charge is 0.493 e. The Balaban J connectivity index is 1.48. The fourth-order valence-corrected chi connectivity index (χ4v) is 3.14. The van der Waals surface area contributed by atoms with E-state index in [9.17, 15) is 18.0 Å². The molecule has 2 aromatic rings. The van der Waals surface area contributed by atoms with Gasteiger partial charge >= 0.3 is 6.18 Å². The zero-order valence-corrected chi connectivity index (χ0v) is 13.8. The van der Waals surface area contributed by atoms with E-state index in [4.69, 9.17) is 4.74 Å². The lowest BCUT2D eigenvalue weighted by atomic mass is 9.97. The fraction of sp³-hybridized carbons (Fsp3) is 0.500. The number of nitrogens with one attached hydrogen (secondary N) is 1. The molecule has 1 aromatic carbocycles. The average molecular weight is 354 g/mol. The molecular weight excluding hydrogens is 333 g/mol. The van der Waals surface area contributed by atoms with Crippen molar-refractivity contribution in [2.75, 3.05) is 26.2 Å². The van der Waals surface area contributed by atoms with Gasteiger partial charge in [-0.15, -0.1) is 0 Å². The molecule has 0 spiro atoms. The normalized spacial score (nSPS) is 17.1. The number of benzene rings is 1. The number of rotatable bonds is 5. The number of hydrogen-bond acceptors (Lipinski definition) is 3. The molecule has 1 fully saturated rings. The highest BCUT2D eigenvalue weighted by molar-refractivity contribution is 5.82. The van der Waals surface area contributed by atoms with Gasteiger partial charge in [0.15, 0.2) is 0 Å². The first-order chi connectivity index (χ1) is 11.9. The first kappa shape index (κ1) is 17.8. The van der Waals surface area contributed by atoms with Gasteiger partial charge in [0.1, 0.15) is 5.75 Å². The van der Waals surface area contributed by atoms with Gasteiger partial charge in [0, 0.05) is 18.1 Å². The highest BCUT2D eigenvalue weighted by Crippen LogP contribution is 2.24.